The molecule has 5 heterocycles. The first-order valence-corrected chi connectivity index (χ1v) is 11.7. The van der Waals surface area contributed by atoms with Gasteiger partial charge in [0.25, 0.3) is 0 Å². The Morgan fingerprint density at radius 3 is 2.81 bits per heavy atom. The molecule has 0 aliphatic carbocycles. The third kappa shape index (κ3) is 4.40. The molecule has 11 nitrogen and oxygen atoms in total. The van der Waals surface area contributed by atoms with Gasteiger partial charge < -0.3 is 26.4 Å². The number of fused-ring (bicyclic) bond motifs is 2. The number of pyridine rings is 3. The van der Waals surface area contributed by atoms with Crippen LogP contribution in [-0.4, -0.2) is 61.8 Å². The van der Waals surface area contributed by atoms with E-state index in [1.165, 1.54) is 0 Å². The number of nitrogens with one attached hydrogen (secondary N) is 1. The lowest BCUT2D eigenvalue weighted by atomic mass is 10.0. The number of anilines is 4. The topological polar surface area (TPSA) is 150 Å². The minimum absolute atomic E-state index is 0.0187. The van der Waals surface area contributed by atoms with E-state index in [1.54, 1.807) is 30.4 Å². The van der Waals surface area contributed by atoms with Crippen LogP contribution in [0.25, 0.3) is 22.0 Å². The van der Waals surface area contributed by atoms with Crippen molar-refractivity contribution >= 4 is 39.8 Å². The van der Waals surface area contributed by atoms with Gasteiger partial charge in [0.2, 0.25) is 5.91 Å². The Hall–Kier alpha value is -4.25. The third-order valence-electron chi connectivity index (χ3n) is 6.55. The highest BCUT2D eigenvalue weighted by molar-refractivity contribution is 5.95. The molecule has 0 saturated heterocycles. The van der Waals surface area contributed by atoms with Crippen LogP contribution in [0.2, 0.25) is 0 Å². The average molecular weight is 488 g/mol. The molecule has 0 radical (unpaired) electrons. The number of rotatable bonds is 6. The number of amides is 1. The number of carbonyl (C=O) groups excluding carboxylic acids is 1. The van der Waals surface area contributed by atoms with Crippen LogP contribution in [0.15, 0.2) is 36.8 Å². The minimum atomic E-state index is 0.0187. The maximum Gasteiger partial charge on any atom is 0.244 e. The number of ether oxygens (including phenoxy) is 1. The standard InChI is InChI=1S/C25H29N9O2/c1-14(13-36-3)33-5-4-17-8-23(32-34(17)12-24(33)35)31-22-7-16-6-21(30-25(27)19(16)10-29-22)18-9-28-11-20(26)15(18)2/h6-11,14H,4-5,12-13,26H2,1-3H3,(H2,27,30)(H,29,31,32)/t14-/m0/s1. The SMILES string of the molecule is COC[C@H](C)N1CCc2cc(Nc3cc4cc(-c5cncc(N)c5C)nc(N)c4cn3)nn2CC1=O. The zero-order chi connectivity index (χ0) is 25.4. The number of nitrogen functional groups attached to an aromatic ring is 2. The molecule has 1 aliphatic rings. The summed E-state index contributed by atoms with van der Waals surface area (Å²) >= 11 is 0. The second kappa shape index (κ2) is 9.42. The fourth-order valence-corrected chi connectivity index (χ4v) is 4.54. The van der Waals surface area contributed by atoms with Crippen molar-refractivity contribution in [3.63, 3.8) is 0 Å². The fraction of sp³-hybridized carbons (Fsp3) is 0.320. The van der Waals surface area contributed by atoms with E-state index in [2.05, 4.69) is 25.4 Å². The molecule has 0 unspecified atom stereocenters. The van der Waals surface area contributed by atoms with E-state index in [1.807, 2.05) is 36.9 Å². The molecule has 0 fully saturated rings. The van der Waals surface area contributed by atoms with Crippen molar-refractivity contribution < 1.29 is 9.53 Å². The Kier molecular flexibility index (Phi) is 6.15. The van der Waals surface area contributed by atoms with Gasteiger partial charge in [0, 0.05) is 55.2 Å². The Morgan fingerprint density at radius 2 is 2.00 bits per heavy atom. The van der Waals surface area contributed by atoms with E-state index in [0.29, 0.717) is 48.4 Å². The van der Waals surface area contributed by atoms with Crippen molar-refractivity contribution in [1.29, 1.82) is 0 Å². The molecule has 0 aromatic carbocycles. The molecular formula is C25H29N9O2. The van der Waals surface area contributed by atoms with E-state index < -0.39 is 0 Å². The highest BCUT2D eigenvalue weighted by Gasteiger charge is 2.25. The minimum Gasteiger partial charge on any atom is -0.397 e. The van der Waals surface area contributed by atoms with Gasteiger partial charge in [0.05, 0.1) is 30.2 Å². The van der Waals surface area contributed by atoms with Crippen LogP contribution in [0, 0.1) is 6.92 Å². The molecule has 186 valence electrons. The van der Waals surface area contributed by atoms with Crippen LogP contribution in [-0.2, 0) is 22.5 Å². The van der Waals surface area contributed by atoms with Gasteiger partial charge in [-0.3, -0.25) is 14.5 Å². The van der Waals surface area contributed by atoms with Crippen molar-refractivity contribution in [2.24, 2.45) is 0 Å². The molecule has 4 aromatic rings. The predicted octanol–water partition coefficient (Wildman–Crippen LogP) is 2.52. The van der Waals surface area contributed by atoms with Gasteiger partial charge in [0.15, 0.2) is 5.82 Å². The average Bonchev–Trinajstić information content (AvgIpc) is 3.13. The quantitative estimate of drug-likeness (QED) is 0.373. The molecule has 0 spiro atoms. The van der Waals surface area contributed by atoms with E-state index in [9.17, 15) is 4.79 Å². The van der Waals surface area contributed by atoms with Crippen molar-refractivity contribution in [2.75, 3.05) is 37.0 Å². The monoisotopic (exact) mass is 487 g/mol. The zero-order valence-corrected chi connectivity index (χ0v) is 20.5. The first kappa shape index (κ1) is 23.5. The van der Waals surface area contributed by atoms with Crippen molar-refractivity contribution in [3.05, 3.63) is 48.0 Å². The van der Waals surface area contributed by atoms with Crippen LogP contribution in [0.5, 0.6) is 0 Å². The third-order valence-corrected chi connectivity index (χ3v) is 6.55. The van der Waals surface area contributed by atoms with E-state index in [4.69, 9.17) is 16.2 Å². The Labute approximate surface area is 208 Å². The summed E-state index contributed by atoms with van der Waals surface area (Å²) in [5.41, 5.74) is 16.3. The smallest absolute Gasteiger partial charge is 0.244 e. The molecule has 36 heavy (non-hydrogen) atoms. The summed E-state index contributed by atoms with van der Waals surface area (Å²) in [6.07, 6.45) is 5.75. The second-order valence-electron chi connectivity index (χ2n) is 9.03. The van der Waals surface area contributed by atoms with Crippen LogP contribution in [0.4, 0.5) is 23.1 Å². The summed E-state index contributed by atoms with van der Waals surface area (Å²) in [5.74, 6) is 1.64. The summed E-state index contributed by atoms with van der Waals surface area (Å²) < 4.78 is 6.97. The zero-order valence-electron chi connectivity index (χ0n) is 20.5. The number of carbonyl (C=O) groups is 1. The Morgan fingerprint density at radius 1 is 1.17 bits per heavy atom. The van der Waals surface area contributed by atoms with E-state index in [0.717, 1.165) is 27.6 Å². The number of aromatic nitrogens is 5. The van der Waals surface area contributed by atoms with Gasteiger partial charge >= 0.3 is 0 Å². The summed E-state index contributed by atoms with van der Waals surface area (Å²) in [5, 5.41) is 9.48. The largest absolute Gasteiger partial charge is 0.397 e. The molecule has 0 saturated carbocycles. The second-order valence-corrected chi connectivity index (χ2v) is 9.03. The Balaban J connectivity index is 1.40. The summed E-state index contributed by atoms with van der Waals surface area (Å²) in [4.78, 5) is 27.9. The summed E-state index contributed by atoms with van der Waals surface area (Å²) in [7, 11) is 1.64. The van der Waals surface area contributed by atoms with Crippen LogP contribution >= 0.6 is 0 Å². The molecule has 4 aromatic heterocycles. The van der Waals surface area contributed by atoms with Crippen LogP contribution < -0.4 is 16.8 Å². The van der Waals surface area contributed by atoms with Gasteiger partial charge in [-0.25, -0.2) is 9.97 Å². The number of methoxy groups -OCH3 is 1. The number of hydrogen-bond acceptors (Lipinski definition) is 9. The molecule has 1 atom stereocenters. The molecule has 0 bridgehead atoms. The van der Waals surface area contributed by atoms with Crippen LogP contribution in [0.1, 0.15) is 18.2 Å². The van der Waals surface area contributed by atoms with Gasteiger partial charge in [-0.1, -0.05) is 0 Å². The highest BCUT2D eigenvalue weighted by atomic mass is 16.5. The normalized spacial score (nSPS) is 14.5. The number of nitrogens with two attached hydrogens (primary N) is 2. The van der Waals surface area contributed by atoms with E-state index in [-0.39, 0.29) is 18.5 Å². The maximum atomic E-state index is 12.8. The van der Waals surface area contributed by atoms with Crippen molar-refractivity contribution in [2.45, 2.75) is 32.9 Å². The first-order chi connectivity index (χ1) is 17.3. The van der Waals surface area contributed by atoms with Gasteiger partial charge in [0.1, 0.15) is 18.2 Å². The van der Waals surface area contributed by atoms with Gasteiger partial charge in [-0.2, -0.15) is 5.10 Å². The number of nitrogens with zero attached hydrogens (tertiary/aromatic N) is 6. The lowest BCUT2D eigenvalue weighted by Crippen LogP contribution is -2.42. The van der Waals surface area contributed by atoms with E-state index >= 15 is 0 Å². The summed E-state index contributed by atoms with van der Waals surface area (Å²) in [6, 6.07) is 5.82. The fourth-order valence-electron chi connectivity index (χ4n) is 4.54. The molecular weight excluding hydrogens is 458 g/mol. The summed E-state index contributed by atoms with van der Waals surface area (Å²) in [6.45, 7) is 5.24. The number of hydrogen-bond donors (Lipinski definition) is 3. The highest BCUT2D eigenvalue weighted by Crippen LogP contribution is 2.30. The molecule has 1 amide bonds. The molecule has 11 heteroatoms. The van der Waals surface area contributed by atoms with Crippen molar-refractivity contribution in [3.8, 4) is 11.3 Å². The van der Waals surface area contributed by atoms with Crippen molar-refractivity contribution in [1.82, 2.24) is 29.6 Å². The first-order valence-electron chi connectivity index (χ1n) is 11.7. The maximum absolute atomic E-state index is 12.8. The van der Waals surface area contributed by atoms with Crippen LogP contribution in [0.3, 0.4) is 0 Å². The lowest BCUT2D eigenvalue weighted by Gasteiger charge is -2.27. The predicted molar refractivity (Wildman–Crippen MR) is 139 cm³/mol. The molecule has 1 aliphatic heterocycles. The molecule has 5 rings (SSSR count). The Bertz CT molecular complexity index is 1450. The van der Waals surface area contributed by atoms with Gasteiger partial charge in [-0.15, -0.1) is 0 Å². The van der Waals surface area contributed by atoms with Gasteiger partial charge in [-0.05, 0) is 36.9 Å². The molecule has 5 N–H and O–H groups in total. The lowest BCUT2D eigenvalue weighted by molar-refractivity contribution is -0.134.